The van der Waals surface area contributed by atoms with E-state index < -0.39 is 5.60 Å². The lowest BCUT2D eigenvalue weighted by molar-refractivity contribution is -0.174. The minimum absolute atomic E-state index is 0.0318. The molecular formula is C46H92O3. The van der Waals surface area contributed by atoms with Crippen LogP contribution in [0, 0.1) is 0 Å². The fraction of sp³-hybridized carbons (Fsp3) is 0.978. The zero-order valence-corrected chi connectivity index (χ0v) is 34.4. The molecule has 3 heteroatoms. The van der Waals surface area contributed by atoms with Crippen molar-refractivity contribution < 1.29 is 14.6 Å². The van der Waals surface area contributed by atoms with Gasteiger partial charge in [-0.2, -0.15) is 0 Å². The van der Waals surface area contributed by atoms with Crippen LogP contribution >= 0.6 is 0 Å². The van der Waals surface area contributed by atoms with Crippen LogP contribution in [-0.2, 0) is 9.53 Å². The minimum Gasteiger partial charge on any atom is -0.460 e. The van der Waals surface area contributed by atoms with Gasteiger partial charge in [0.2, 0.25) is 0 Å². The molecular weight excluding hydrogens is 601 g/mol. The average molecular weight is 693 g/mol. The zero-order chi connectivity index (χ0) is 35.9. The normalized spacial score (nSPS) is 13.5. The van der Waals surface area contributed by atoms with E-state index in [-0.39, 0.29) is 12.1 Å². The van der Waals surface area contributed by atoms with Crippen molar-refractivity contribution in [3.05, 3.63) is 0 Å². The summed E-state index contributed by atoms with van der Waals surface area (Å²) in [6.07, 6.45) is 47.9. The van der Waals surface area contributed by atoms with Crippen molar-refractivity contribution in [1.29, 1.82) is 0 Å². The summed E-state index contributed by atoms with van der Waals surface area (Å²) >= 11 is 0. The second kappa shape index (κ2) is 38.7. The van der Waals surface area contributed by atoms with Gasteiger partial charge in [0.1, 0.15) is 6.10 Å². The maximum atomic E-state index is 13.8. The van der Waals surface area contributed by atoms with E-state index in [0.717, 1.165) is 51.4 Å². The molecule has 0 saturated carbocycles. The Balaban J connectivity index is 4.80. The molecule has 0 aromatic carbocycles. The SMILES string of the molecule is CCCCCCCCCCCCCCCCC(O)(CCCCCCCC)C(=O)OC(CCCCCCCC)CCCCCCCCCCC. The number of aliphatic hydroxyl groups is 1. The molecule has 0 fully saturated rings. The molecule has 0 aromatic rings. The summed E-state index contributed by atoms with van der Waals surface area (Å²) in [4.78, 5) is 13.8. The fourth-order valence-electron chi connectivity index (χ4n) is 7.50. The molecule has 0 saturated heterocycles. The second-order valence-electron chi connectivity index (χ2n) is 16.1. The summed E-state index contributed by atoms with van der Waals surface area (Å²) in [7, 11) is 0. The average Bonchev–Trinajstić information content (AvgIpc) is 3.10. The summed E-state index contributed by atoms with van der Waals surface area (Å²) < 4.78 is 6.29. The Kier molecular flexibility index (Phi) is 38.2. The second-order valence-corrected chi connectivity index (χ2v) is 16.1. The van der Waals surface area contributed by atoms with Crippen molar-refractivity contribution >= 4 is 5.97 Å². The molecule has 0 aliphatic heterocycles. The van der Waals surface area contributed by atoms with E-state index in [9.17, 15) is 9.90 Å². The predicted molar refractivity (Wildman–Crippen MR) is 218 cm³/mol. The fourth-order valence-corrected chi connectivity index (χ4v) is 7.50. The molecule has 2 atom stereocenters. The molecule has 0 aliphatic carbocycles. The Morgan fingerprint density at radius 3 is 0.878 bits per heavy atom. The topological polar surface area (TPSA) is 46.5 Å². The number of carbonyl (C=O) groups excluding carboxylic acids is 1. The van der Waals surface area contributed by atoms with Crippen LogP contribution in [0.15, 0.2) is 0 Å². The van der Waals surface area contributed by atoms with E-state index in [1.165, 1.54) is 186 Å². The zero-order valence-electron chi connectivity index (χ0n) is 34.4. The number of ether oxygens (including phenoxy) is 1. The maximum Gasteiger partial charge on any atom is 0.338 e. The van der Waals surface area contributed by atoms with Gasteiger partial charge in [-0.1, -0.05) is 227 Å². The first kappa shape index (κ1) is 48.4. The molecule has 0 bridgehead atoms. The molecule has 0 heterocycles. The van der Waals surface area contributed by atoms with Crippen LogP contribution in [0.1, 0.15) is 278 Å². The lowest BCUT2D eigenvalue weighted by Gasteiger charge is -2.29. The monoisotopic (exact) mass is 693 g/mol. The van der Waals surface area contributed by atoms with E-state index in [4.69, 9.17) is 4.74 Å². The molecule has 2 unspecified atom stereocenters. The van der Waals surface area contributed by atoms with Crippen LogP contribution in [0.3, 0.4) is 0 Å². The van der Waals surface area contributed by atoms with Crippen molar-refractivity contribution in [2.24, 2.45) is 0 Å². The first-order valence-corrected chi connectivity index (χ1v) is 23.0. The van der Waals surface area contributed by atoms with Gasteiger partial charge >= 0.3 is 5.97 Å². The number of unbranched alkanes of at least 4 members (excludes halogenated alkanes) is 31. The van der Waals surface area contributed by atoms with Gasteiger partial charge in [-0.25, -0.2) is 4.79 Å². The Labute approximate surface area is 309 Å². The van der Waals surface area contributed by atoms with Gasteiger partial charge in [0, 0.05) is 0 Å². The Morgan fingerprint density at radius 2 is 0.612 bits per heavy atom. The van der Waals surface area contributed by atoms with Crippen molar-refractivity contribution in [2.45, 2.75) is 290 Å². The molecule has 1 N–H and O–H groups in total. The van der Waals surface area contributed by atoms with Crippen molar-refractivity contribution in [1.82, 2.24) is 0 Å². The molecule has 0 aromatic heterocycles. The van der Waals surface area contributed by atoms with Gasteiger partial charge < -0.3 is 9.84 Å². The summed E-state index contributed by atoms with van der Waals surface area (Å²) in [5.74, 6) is -0.303. The highest BCUT2D eigenvalue weighted by Crippen LogP contribution is 2.28. The van der Waals surface area contributed by atoms with Crippen molar-refractivity contribution in [2.75, 3.05) is 0 Å². The van der Waals surface area contributed by atoms with E-state index >= 15 is 0 Å². The molecule has 294 valence electrons. The highest BCUT2D eigenvalue weighted by molar-refractivity contribution is 5.79. The van der Waals surface area contributed by atoms with E-state index in [2.05, 4.69) is 27.7 Å². The number of hydrogen-bond donors (Lipinski definition) is 1. The maximum absolute atomic E-state index is 13.8. The third kappa shape index (κ3) is 33.0. The van der Waals surface area contributed by atoms with E-state index in [1.807, 2.05) is 0 Å². The van der Waals surface area contributed by atoms with Gasteiger partial charge in [-0.3, -0.25) is 0 Å². The summed E-state index contributed by atoms with van der Waals surface area (Å²) in [6, 6.07) is 0. The Hall–Kier alpha value is -0.570. The summed E-state index contributed by atoms with van der Waals surface area (Å²) in [5, 5.41) is 11.8. The van der Waals surface area contributed by atoms with Crippen molar-refractivity contribution in [3.8, 4) is 0 Å². The standard InChI is InChI=1S/C46H92O3/c1-5-9-13-17-21-23-24-25-26-27-29-31-35-39-43-46(48,42-38-34-20-16-12-8-4)45(47)49-44(40-36-32-19-15-11-7-3)41-37-33-30-28-22-18-14-10-6-2/h44,48H,5-43H2,1-4H3. The minimum atomic E-state index is -1.31. The number of esters is 1. The van der Waals surface area contributed by atoms with Crippen LogP contribution in [0.2, 0.25) is 0 Å². The third-order valence-electron chi connectivity index (χ3n) is 11.1. The molecule has 0 radical (unpaired) electrons. The molecule has 0 aliphatic rings. The van der Waals surface area contributed by atoms with Crippen LogP contribution in [0.4, 0.5) is 0 Å². The quantitative estimate of drug-likeness (QED) is 0.0512. The van der Waals surface area contributed by atoms with Crippen LogP contribution in [-0.4, -0.2) is 22.8 Å². The van der Waals surface area contributed by atoms with Gasteiger partial charge in [0.15, 0.2) is 5.60 Å². The smallest absolute Gasteiger partial charge is 0.338 e. The lowest BCUT2D eigenvalue weighted by Crippen LogP contribution is -2.42. The van der Waals surface area contributed by atoms with Crippen LogP contribution < -0.4 is 0 Å². The lowest BCUT2D eigenvalue weighted by atomic mass is 9.89. The first-order valence-electron chi connectivity index (χ1n) is 23.0. The predicted octanol–water partition coefficient (Wildman–Crippen LogP) is 15.9. The van der Waals surface area contributed by atoms with Gasteiger partial charge in [-0.05, 0) is 51.4 Å². The number of rotatable bonds is 41. The van der Waals surface area contributed by atoms with Crippen LogP contribution in [0.5, 0.6) is 0 Å². The third-order valence-corrected chi connectivity index (χ3v) is 11.1. The Morgan fingerprint density at radius 1 is 0.388 bits per heavy atom. The van der Waals surface area contributed by atoms with Crippen LogP contribution in [0.25, 0.3) is 0 Å². The molecule has 0 amide bonds. The molecule has 3 nitrogen and oxygen atoms in total. The first-order chi connectivity index (χ1) is 24.0. The highest BCUT2D eigenvalue weighted by atomic mass is 16.6. The molecule has 0 rings (SSSR count). The Bertz CT molecular complexity index is 648. The van der Waals surface area contributed by atoms with Gasteiger partial charge in [0.25, 0.3) is 0 Å². The molecule has 49 heavy (non-hydrogen) atoms. The number of hydrogen-bond acceptors (Lipinski definition) is 3. The largest absolute Gasteiger partial charge is 0.460 e. The van der Waals surface area contributed by atoms with E-state index in [0.29, 0.717) is 12.8 Å². The van der Waals surface area contributed by atoms with Gasteiger partial charge in [0.05, 0.1) is 0 Å². The highest BCUT2D eigenvalue weighted by Gasteiger charge is 2.37. The molecule has 0 spiro atoms. The van der Waals surface area contributed by atoms with E-state index in [1.54, 1.807) is 0 Å². The summed E-state index contributed by atoms with van der Waals surface area (Å²) in [5.41, 5.74) is -1.31. The van der Waals surface area contributed by atoms with Crippen molar-refractivity contribution in [3.63, 3.8) is 0 Å². The summed E-state index contributed by atoms with van der Waals surface area (Å²) in [6.45, 7) is 9.09. The number of carbonyl (C=O) groups is 1. The van der Waals surface area contributed by atoms with Gasteiger partial charge in [-0.15, -0.1) is 0 Å².